The summed E-state index contributed by atoms with van der Waals surface area (Å²) < 4.78 is 5.69. The second-order valence-electron chi connectivity index (χ2n) is 5.35. The number of hydrogen-bond donors (Lipinski definition) is 1. The SMILES string of the molecule is COc1ccc(Cl)cc1C(=O)Nc1cccc(C2SCCCS2)c1. The first-order valence-electron chi connectivity index (χ1n) is 7.65. The smallest absolute Gasteiger partial charge is 0.259 e. The largest absolute Gasteiger partial charge is 0.496 e. The van der Waals surface area contributed by atoms with Crippen LogP contribution in [0, 0.1) is 0 Å². The van der Waals surface area contributed by atoms with Crippen LogP contribution >= 0.6 is 35.1 Å². The van der Waals surface area contributed by atoms with E-state index in [4.69, 9.17) is 16.3 Å². The molecule has 2 aromatic carbocycles. The molecule has 3 rings (SSSR count). The lowest BCUT2D eigenvalue weighted by Gasteiger charge is -2.21. The maximum atomic E-state index is 12.6. The molecule has 0 aromatic heterocycles. The lowest BCUT2D eigenvalue weighted by atomic mass is 10.1. The molecule has 1 amide bonds. The van der Waals surface area contributed by atoms with Gasteiger partial charge in [-0.15, -0.1) is 23.5 Å². The maximum Gasteiger partial charge on any atom is 0.259 e. The molecule has 0 radical (unpaired) electrons. The van der Waals surface area contributed by atoms with E-state index in [-0.39, 0.29) is 5.91 Å². The third kappa shape index (κ3) is 4.21. The molecule has 0 unspecified atom stereocenters. The van der Waals surface area contributed by atoms with E-state index in [2.05, 4.69) is 11.4 Å². The van der Waals surface area contributed by atoms with Crippen molar-refractivity contribution in [3.05, 3.63) is 58.6 Å². The number of carbonyl (C=O) groups is 1. The normalized spacial score (nSPS) is 15.1. The van der Waals surface area contributed by atoms with Gasteiger partial charge >= 0.3 is 0 Å². The monoisotopic (exact) mass is 379 g/mol. The molecule has 1 N–H and O–H groups in total. The number of carbonyl (C=O) groups excluding carboxylic acids is 1. The van der Waals surface area contributed by atoms with Crippen molar-refractivity contribution in [3.8, 4) is 5.75 Å². The number of anilines is 1. The number of nitrogens with one attached hydrogen (secondary N) is 1. The van der Waals surface area contributed by atoms with E-state index in [1.165, 1.54) is 30.6 Å². The lowest BCUT2D eigenvalue weighted by Crippen LogP contribution is -2.13. The fraction of sp³-hybridized carbons (Fsp3) is 0.278. The molecular weight excluding hydrogens is 362 g/mol. The summed E-state index contributed by atoms with van der Waals surface area (Å²) in [6.07, 6.45) is 1.26. The minimum absolute atomic E-state index is 0.226. The van der Waals surface area contributed by atoms with Crippen LogP contribution in [0.15, 0.2) is 42.5 Å². The number of rotatable bonds is 4. The summed E-state index contributed by atoms with van der Waals surface area (Å²) in [7, 11) is 1.54. The third-order valence-corrected chi connectivity index (χ3v) is 6.90. The van der Waals surface area contributed by atoms with Gasteiger partial charge in [-0.3, -0.25) is 4.79 Å². The minimum atomic E-state index is -0.226. The molecule has 0 bridgehead atoms. The minimum Gasteiger partial charge on any atom is -0.496 e. The molecule has 0 spiro atoms. The van der Waals surface area contributed by atoms with Gasteiger partial charge in [-0.1, -0.05) is 23.7 Å². The zero-order valence-electron chi connectivity index (χ0n) is 13.3. The maximum absolute atomic E-state index is 12.6. The molecule has 0 aliphatic carbocycles. The van der Waals surface area contributed by atoms with Crippen LogP contribution in [0.3, 0.4) is 0 Å². The predicted octanol–water partition coefficient (Wildman–Crippen LogP) is 5.47. The Bertz CT molecular complexity index is 733. The van der Waals surface area contributed by atoms with Gasteiger partial charge in [-0.25, -0.2) is 0 Å². The third-order valence-electron chi connectivity index (χ3n) is 3.65. The average molecular weight is 380 g/mol. The molecule has 1 aliphatic rings. The first kappa shape index (κ1) is 17.5. The molecule has 0 atom stereocenters. The van der Waals surface area contributed by atoms with E-state index in [9.17, 15) is 4.79 Å². The van der Waals surface area contributed by atoms with E-state index in [0.717, 1.165) is 5.69 Å². The second-order valence-corrected chi connectivity index (χ2v) is 8.51. The molecule has 0 saturated carbocycles. The Hall–Kier alpha value is -1.30. The van der Waals surface area contributed by atoms with Gasteiger partial charge < -0.3 is 10.1 Å². The van der Waals surface area contributed by atoms with E-state index in [0.29, 0.717) is 20.9 Å². The summed E-state index contributed by atoms with van der Waals surface area (Å²) in [5.41, 5.74) is 2.45. The van der Waals surface area contributed by atoms with Crippen molar-refractivity contribution >= 4 is 46.7 Å². The van der Waals surface area contributed by atoms with Crippen LogP contribution in [0.5, 0.6) is 5.75 Å². The van der Waals surface area contributed by atoms with Gasteiger partial charge in [-0.2, -0.15) is 0 Å². The van der Waals surface area contributed by atoms with E-state index < -0.39 is 0 Å². The van der Waals surface area contributed by atoms with Crippen molar-refractivity contribution in [2.24, 2.45) is 0 Å². The summed E-state index contributed by atoms with van der Waals surface area (Å²) in [4.78, 5) is 12.6. The second kappa shape index (κ2) is 8.19. The number of methoxy groups -OCH3 is 1. The van der Waals surface area contributed by atoms with Gasteiger partial charge in [0.15, 0.2) is 0 Å². The summed E-state index contributed by atoms with van der Waals surface area (Å²) in [5.74, 6) is 2.66. The van der Waals surface area contributed by atoms with Gasteiger partial charge in [0.05, 0.1) is 17.3 Å². The number of hydrogen-bond acceptors (Lipinski definition) is 4. The molecule has 24 heavy (non-hydrogen) atoms. The van der Waals surface area contributed by atoms with Crippen LogP contribution in [0.2, 0.25) is 5.02 Å². The van der Waals surface area contributed by atoms with E-state index in [1.807, 2.05) is 41.7 Å². The Morgan fingerprint density at radius 3 is 2.75 bits per heavy atom. The van der Waals surface area contributed by atoms with Crippen molar-refractivity contribution < 1.29 is 9.53 Å². The van der Waals surface area contributed by atoms with E-state index in [1.54, 1.807) is 18.2 Å². The van der Waals surface area contributed by atoms with Crippen molar-refractivity contribution in [3.63, 3.8) is 0 Å². The molecule has 1 heterocycles. The highest BCUT2D eigenvalue weighted by molar-refractivity contribution is 8.16. The quantitative estimate of drug-likeness (QED) is 0.764. The summed E-state index contributed by atoms with van der Waals surface area (Å²) in [6.45, 7) is 0. The summed E-state index contributed by atoms with van der Waals surface area (Å²) in [6, 6.07) is 13.1. The molecule has 6 heteroatoms. The van der Waals surface area contributed by atoms with Crippen LogP contribution in [0.25, 0.3) is 0 Å². The van der Waals surface area contributed by atoms with Crippen LogP contribution in [0.4, 0.5) is 5.69 Å². The zero-order chi connectivity index (χ0) is 16.9. The molecule has 1 aliphatic heterocycles. The first-order chi connectivity index (χ1) is 11.7. The highest BCUT2D eigenvalue weighted by atomic mass is 35.5. The Balaban J connectivity index is 1.78. The van der Waals surface area contributed by atoms with Gasteiger partial charge in [0.25, 0.3) is 5.91 Å². The van der Waals surface area contributed by atoms with Gasteiger partial charge in [0.2, 0.25) is 0 Å². The number of thioether (sulfide) groups is 2. The van der Waals surface area contributed by atoms with Gasteiger partial charge in [0.1, 0.15) is 5.75 Å². The summed E-state index contributed by atoms with van der Waals surface area (Å²) in [5, 5.41) is 3.45. The highest BCUT2D eigenvalue weighted by Crippen LogP contribution is 2.44. The highest BCUT2D eigenvalue weighted by Gasteiger charge is 2.18. The van der Waals surface area contributed by atoms with Crippen LogP contribution in [0.1, 0.15) is 26.9 Å². The number of halogens is 1. The van der Waals surface area contributed by atoms with Crippen molar-refractivity contribution in [1.82, 2.24) is 0 Å². The number of ether oxygens (including phenoxy) is 1. The number of benzene rings is 2. The lowest BCUT2D eigenvalue weighted by molar-refractivity contribution is 0.102. The predicted molar refractivity (Wildman–Crippen MR) is 105 cm³/mol. The molecule has 1 fully saturated rings. The van der Waals surface area contributed by atoms with Crippen LogP contribution in [-0.2, 0) is 0 Å². The molecular formula is C18H18ClNO2S2. The fourth-order valence-corrected chi connectivity index (χ4v) is 5.54. The van der Waals surface area contributed by atoms with Crippen molar-refractivity contribution in [2.75, 3.05) is 23.9 Å². The van der Waals surface area contributed by atoms with Gasteiger partial charge in [0, 0.05) is 10.7 Å². The first-order valence-corrected chi connectivity index (χ1v) is 10.1. The van der Waals surface area contributed by atoms with Crippen molar-refractivity contribution in [1.29, 1.82) is 0 Å². The topological polar surface area (TPSA) is 38.3 Å². The average Bonchev–Trinajstić information content (AvgIpc) is 2.62. The van der Waals surface area contributed by atoms with Crippen LogP contribution in [-0.4, -0.2) is 24.5 Å². The fourth-order valence-electron chi connectivity index (χ4n) is 2.50. The standard InChI is InChI=1S/C18H18ClNO2S2/c1-22-16-7-6-13(19)11-15(16)17(21)20-14-5-2-4-12(10-14)18-23-8-3-9-24-18/h2,4-7,10-11,18H,3,8-9H2,1H3,(H,20,21). The molecule has 3 nitrogen and oxygen atoms in total. The molecule has 1 saturated heterocycles. The summed E-state index contributed by atoms with van der Waals surface area (Å²) >= 11 is 9.93. The van der Waals surface area contributed by atoms with Crippen molar-refractivity contribution in [2.45, 2.75) is 11.0 Å². The van der Waals surface area contributed by atoms with Crippen LogP contribution < -0.4 is 10.1 Å². The molecule has 126 valence electrons. The Morgan fingerprint density at radius 2 is 2.00 bits per heavy atom. The Kier molecular flexibility index (Phi) is 5.98. The van der Waals surface area contributed by atoms with E-state index >= 15 is 0 Å². The number of amides is 1. The zero-order valence-corrected chi connectivity index (χ0v) is 15.6. The Labute approximate surface area is 155 Å². The van der Waals surface area contributed by atoms with Gasteiger partial charge in [-0.05, 0) is 53.8 Å². The molecule has 2 aromatic rings. The Morgan fingerprint density at radius 1 is 1.21 bits per heavy atom.